The van der Waals surface area contributed by atoms with Crippen molar-refractivity contribution in [3.05, 3.63) is 5.82 Å². The first-order valence-electron chi connectivity index (χ1n) is 4.65. The molecular weight excluding hydrogens is 250 g/mol. The van der Waals surface area contributed by atoms with Crippen LogP contribution in [0, 0.1) is 0 Å². The Bertz CT molecular complexity index is 409. The van der Waals surface area contributed by atoms with E-state index in [1.807, 2.05) is 0 Å². The number of hydrogen-bond donors (Lipinski definition) is 1. The lowest BCUT2D eigenvalue weighted by molar-refractivity contribution is -0.144. The second-order valence-corrected chi connectivity index (χ2v) is 4.15. The van der Waals surface area contributed by atoms with E-state index >= 15 is 0 Å². The minimum absolute atomic E-state index is 0.0191. The van der Waals surface area contributed by atoms with Crippen LogP contribution in [0.1, 0.15) is 12.7 Å². The highest BCUT2D eigenvalue weighted by Crippen LogP contribution is 1.95. The van der Waals surface area contributed by atoms with Crippen molar-refractivity contribution in [2.45, 2.75) is 18.7 Å². The molecule has 0 aliphatic heterocycles. The fourth-order valence-electron chi connectivity index (χ4n) is 0.867. The fraction of sp³-hybridized carbons (Fsp3) is 0.714. The summed E-state index contributed by atoms with van der Waals surface area (Å²) in [6.07, 6.45) is 0. The summed E-state index contributed by atoms with van der Waals surface area (Å²) in [5.74, 6) is -0.243. The number of hydrogen-bond acceptors (Lipinski definition) is 8. The van der Waals surface area contributed by atoms with Crippen molar-refractivity contribution in [1.29, 1.82) is 0 Å². The first-order chi connectivity index (χ1) is 8.02. The van der Waals surface area contributed by atoms with Crippen molar-refractivity contribution < 1.29 is 18.0 Å². The molecule has 0 aliphatic rings. The monoisotopic (exact) mass is 263 g/mol. The number of aromatic nitrogens is 4. The summed E-state index contributed by atoms with van der Waals surface area (Å²) >= 11 is -1.69. The molecule has 96 valence electrons. The minimum atomic E-state index is -1.69. The molecule has 1 aromatic heterocycles. The van der Waals surface area contributed by atoms with Crippen molar-refractivity contribution in [2.24, 2.45) is 7.05 Å². The maximum absolute atomic E-state index is 11.4. The zero-order valence-electron chi connectivity index (χ0n) is 9.61. The molecule has 2 unspecified atom stereocenters. The van der Waals surface area contributed by atoms with Crippen LogP contribution < -0.4 is 5.48 Å². The van der Waals surface area contributed by atoms with Crippen LogP contribution in [-0.4, -0.2) is 43.5 Å². The van der Waals surface area contributed by atoms with E-state index in [4.69, 9.17) is 4.28 Å². The molecule has 1 aromatic rings. The zero-order chi connectivity index (χ0) is 12.8. The Morgan fingerprint density at radius 3 is 2.88 bits per heavy atom. The number of carbonyl (C=O) groups is 1. The van der Waals surface area contributed by atoms with Crippen LogP contribution in [0.25, 0.3) is 0 Å². The molecule has 0 aromatic carbocycles. The van der Waals surface area contributed by atoms with Crippen molar-refractivity contribution in [2.75, 3.05) is 7.11 Å². The van der Waals surface area contributed by atoms with Gasteiger partial charge in [0.05, 0.1) is 14.2 Å². The summed E-state index contributed by atoms with van der Waals surface area (Å²) in [6.45, 7) is 1.52. The van der Waals surface area contributed by atoms with Crippen LogP contribution in [0.5, 0.6) is 0 Å². The number of hydroxylamine groups is 1. The van der Waals surface area contributed by atoms with Gasteiger partial charge >= 0.3 is 5.97 Å². The van der Waals surface area contributed by atoms with Gasteiger partial charge in [-0.05, 0) is 12.1 Å². The number of ether oxygens (including phenoxy) is 1. The lowest BCUT2D eigenvalue weighted by Gasteiger charge is -2.09. The Hall–Kier alpha value is -1.39. The van der Waals surface area contributed by atoms with E-state index in [1.54, 1.807) is 7.05 Å². The SMILES string of the molecule is COC(=O)C(C)NOS(=O)Cc1nnn(C)n1. The van der Waals surface area contributed by atoms with Crippen LogP contribution in [0.15, 0.2) is 0 Å². The van der Waals surface area contributed by atoms with Crippen molar-refractivity contribution >= 4 is 17.0 Å². The summed E-state index contributed by atoms with van der Waals surface area (Å²) < 4.78 is 20.6. The predicted octanol–water partition coefficient (Wildman–Crippen LogP) is -1.54. The smallest absolute Gasteiger partial charge is 0.324 e. The highest BCUT2D eigenvalue weighted by Gasteiger charge is 2.15. The summed E-state index contributed by atoms with van der Waals surface area (Å²) in [4.78, 5) is 12.2. The van der Waals surface area contributed by atoms with Gasteiger partial charge in [0.25, 0.3) is 0 Å². The molecule has 1 N–H and O–H groups in total. The quantitative estimate of drug-likeness (QED) is 0.485. The lowest BCUT2D eigenvalue weighted by Crippen LogP contribution is -2.35. The molecule has 0 spiro atoms. The number of nitrogens with one attached hydrogen (secondary N) is 1. The van der Waals surface area contributed by atoms with Gasteiger partial charge in [0.1, 0.15) is 11.8 Å². The standard InChI is InChI=1S/C7H13N5O4S/c1-5(7(13)15-3)10-16-17(14)4-6-8-11-12(2)9-6/h5,10H,4H2,1-3H3. The largest absolute Gasteiger partial charge is 0.468 e. The molecule has 10 heteroatoms. The third kappa shape index (κ3) is 4.54. The van der Waals surface area contributed by atoms with E-state index in [9.17, 15) is 9.00 Å². The Balaban J connectivity index is 2.33. The molecule has 0 saturated heterocycles. The molecule has 0 radical (unpaired) electrons. The van der Waals surface area contributed by atoms with Crippen molar-refractivity contribution in [3.63, 3.8) is 0 Å². The van der Waals surface area contributed by atoms with Crippen LogP contribution in [-0.2, 0) is 37.7 Å². The average Bonchev–Trinajstić information content (AvgIpc) is 2.70. The molecule has 1 rings (SSSR count). The van der Waals surface area contributed by atoms with Gasteiger partial charge in [0.15, 0.2) is 16.9 Å². The predicted molar refractivity (Wildman–Crippen MR) is 56.3 cm³/mol. The zero-order valence-corrected chi connectivity index (χ0v) is 10.4. The lowest BCUT2D eigenvalue weighted by atomic mass is 10.4. The van der Waals surface area contributed by atoms with Crippen LogP contribution in [0.4, 0.5) is 0 Å². The number of aryl methyl sites for hydroxylation is 1. The number of esters is 1. The van der Waals surface area contributed by atoms with Gasteiger partial charge < -0.3 is 4.74 Å². The van der Waals surface area contributed by atoms with Gasteiger partial charge in [-0.25, -0.2) is 4.21 Å². The molecule has 0 amide bonds. The van der Waals surface area contributed by atoms with Crippen LogP contribution >= 0.6 is 0 Å². The minimum Gasteiger partial charge on any atom is -0.468 e. The number of carbonyl (C=O) groups excluding carboxylic acids is 1. The molecule has 0 fully saturated rings. The first-order valence-corrected chi connectivity index (χ1v) is 5.89. The molecule has 17 heavy (non-hydrogen) atoms. The molecule has 0 bridgehead atoms. The van der Waals surface area contributed by atoms with E-state index in [0.29, 0.717) is 5.82 Å². The van der Waals surface area contributed by atoms with Crippen molar-refractivity contribution in [1.82, 2.24) is 25.7 Å². The van der Waals surface area contributed by atoms with Gasteiger partial charge in [-0.15, -0.1) is 10.2 Å². The molecule has 1 heterocycles. The van der Waals surface area contributed by atoms with E-state index < -0.39 is 23.1 Å². The van der Waals surface area contributed by atoms with Crippen LogP contribution in [0.3, 0.4) is 0 Å². The van der Waals surface area contributed by atoms with Gasteiger partial charge in [0.2, 0.25) is 0 Å². The highest BCUT2D eigenvalue weighted by atomic mass is 32.2. The summed E-state index contributed by atoms with van der Waals surface area (Å²) in [5, 5.41) is 11.1. The summed E-state index contributed by atoms with van der Waals surface area (Å²) in [7, 11) is 2.85. The topological polar surface area (TPSA) is 108 Å². The molecule has 9 nitrogen and oxygen atoms in total. The molecular formula is C7H13N5O4S. The summed E-state index contributed by atoms with van der Waals surface area (Å²) in [5.41, 5.74) is 2.30. The van der Waals surface area contributed by atoms with E-state index in [1.165, 1.54) is 18.8 Å². The molecule has 2 atom stereocenters. The highest BCUT2D eigenvalue weighted by molar-refractivity contribution is 7.79. The molecule has 0 saturated carbocycles. The second-order valence-electron chi connectivity index (χ2n) is 3.09. The number of rotatable bonds is 6. The molecule has 0 aliphatic carbocycles. The number of nitrogens with zero attached hydrogens (tertiary/aromatic N) is 4. The Labute approximate surface area is 100 Å². The Morgan fingerprint density at radius 2 is 2.35 bits per heavy atom. The van der Waals surface area contributed by atoms with Crippen molar-refractivity contribution in [3.8, 4) is 0 Å². The average molecular weight is 263 g/mol. The first kappa shape index (κ1) is 13.7. The van der Waals surface area contributed by atoms with E-state index in [-0.39, 0.29) is 5.75 Å². The maximum Gasteiger partial charge on any atom is 0.324 e. The normalized spacial score (nSPS) is 14.3. The Morgan fingerprint density at radius 1 is 1.65 bits per heavy atom. The van der Waals surface area contributed by atoms with Gasteiger partial charge in [0, 0.05) is 0 Å². The third-order valence-electron chi connectivity index (χ3n) is 1.67. The number of methoxy groups -OCH3 is 1. The fourth-order valence-corrected chi connectivity index (χ4v) is 1.50. The van der Waals surface area contributed by atoms with Gasteiger partial charge in [-0.2, -0.15) is 14.6 Å². The second kappa shape index (κ2) is 6.37. The Kier molecular flexibility index (Phi) is 5.12. The third-order valence-corrected chi connectivity index (χ3v) is 2.45. The number of tetrazole rings is 1. The summed E-state index contributed by atoms with van der Waals surface area (Å²) in [6, 6.07) is -0.709. The van der Waals surface area contributed by atoms with Gasteiger partial charge in [-0.1, -0.05) is 0 Å². The van der Waals surface area contributed by atoms with E-state index in [2.05, 4.69) is 25.6 Å². The van der Waals surface area contributed by atoms with Crippen LogP contribution in [0.2, 0.25) is 0 Å². The van der Waals surface area contributed by atoms with Gasteiger partial charge in [-0.3, -0.25) is 4.79 Å². The van der Waals surface area contributed by atoms with E-state index in [0.717, 1.165) is 0 Å². The maximum atomic E-state index is 11.4.